The van der Waals surface area contributed by atoms with Gasteiger partial charge in [-0.15, -0.1) is 0 Å². The van der Waals surface area contributed by atoms with Crippen LogP contribution >= 0.6 is 0 Å². The van der Waals surface area contributed by atoms with Crippen LogP contribution in [0.4, 0.5) is 0 Å². The highest BCUT2D eigenvalue weighted by atomic mass is 14.9. The first kappa shape index (κ1) is 8.98. The highest BCUT2D eigenvalue weighted by molar-refractivity contribution is 5.84. The molecule has 1 saturated carbocycles. The van der Waals surface area contributed by atoms with Crippen molar-refractivity contribution in [2.75, 3.05) is 0 Å². The van der Waals surface area contributed by atoms with Gasteiger partial charge in [0.2, 0.25) is 0 Å². The summed E-state index contributed by atoms with van der Waals surface area (Å²) in [4.78, 5) is 0. The number of fused-ring (bicyclic) bond motifs is 1. The molecule has 0 unspecified atom stereocenters. The maximum absolute atomic E-state index is 6.39. The monoisotopic (exact) mass is 200 g/mol. The van der Waals surface area contributed by atoms with Gasteiger partial charge in [0, 0.05) is 29.7 Å². The van der Waals surface area contributed by atoms with Crippen LogP contribution < -0.4 is 5.73 Å². The molecule has 0 amide bonds. The van der Waals surface area contributed by atoms with Gasteiger partial charge in [0.1, 0.15) is 0 Å². The molecule has 2 heteroatoms. The van der Waals surface area contributed by atoms with Crippen LogP contribution in [0, 0.1) is 0 Å². The molecule has 0 aliphatic heterocycles. The van der Waals surface area contributed by atoms with Gasteiger partial charge in [-0.3, -0.25) is 0 Å². The Bertz CT molecular complexity index is 506. The number of aromatic nitrogens is 1. The van der Waals surface area contributed by atoms with Gasteiger partial charge in [0.05, 0.1) is 0 Å². The number of rotatable bonds is 1. The van der Waals surface area contributed by atoms with Crippen molar-refractivity contribution in [2.45, 2.75) is 24.8 Å². The predicted molar refractivity (Wildman–Crippen MR) is 62.6 cm³/mol. The highest BCUT2D eigenvalue weighted by Gasteiger charge is 2.35. The van der Waals surface area contributed by atoms with Gasteiger partial charge in [0.15, 0.2) is 0 Å². The van der Waals surface area contributed by atoms with Crippen molar-refractivity contribution in [3.63, 3.8) is 0 Å². The lowest BCUT2D eigenvalue weighted by atomic mass is 9.72. The smallest absolute Gasteiger partial charge is 0.0481 e. The Morgan fingerprint density at radius 2 is 2.07 bits per heavy atom. The Morgan fingerprint density at radius 3 is 2.73 bits per heavy atom. The normalized spacial score (nSPS) is 19.1. The Kier molecular flexibility index (Phi) is 1.71. The number of hydrogen-bond acceptors (Lipinski definition) is 1. The zero-order chi connectivity index (χ0) is 10.5. The zero-order valence-electron chi connectivity index (χ0n) is 9.03. The molecule has 2 nitrogen and oxygen atoms in total. The van der Waals surface area contributed by atoms with E-state index in [1.165, 1.54) is 22.9 Å². The van der Waals surface area contributed by atoms with Gasteiger partial charge >= 0.3 is 0 Å². The maximum Gasteiger partial charge on any atom is 0.0481 e. The fraction of sp³-hybridized carbons (Fsp3) is 0.385. The standard InChI is InChI=1S/C13H16N2/c1-15-9-6-10-11(4-2-5-12(10)15)13(14)7-3-8-13/h2,4-6,9H,3,7-8,14H2,1H3. The fourth-order valence-electron chi connectivity index (χ4n) is 2.56. The maximum atomic E-state index is 6.39. The molecule has 78 valence electrons. The van der Waals surface area contributed by atoms with Crippen molar-refractivity contribution >= 4 is 10.9 Å². The van der Waals surface area contributed by atoms with E-state index in [1.54, 1.807) is 0 Å². The summed E-state index contributed by atoms with van der Waals surface area (Å²) in [5, 5.41) is 1.32. The van der Waals surface area contributed by atoms with Gasteiger partial charge in [-0.1, -0.05) is 12.1 Å². The Labute approximate surface area is 89.7 Å². The number of aryl methyl sites for hydroxylation is 1. The van der Waals surface area contributed by atoms with Crippen LogP contribution in [0.3, 0.4) is 0 Å². The zero-order valence-corrected chi connectivity index (χ0v) is 9.03. The average molecular weight is 200 g/mol. The van der Waals surface area contributed by atoms with E-state index in [0.717, 1.165) is 12.8 Å². The van der Waals surface area contributed by atoms with E-state index in [2.05, 4.69) is 42.1 Å². The summed E-state index contributed by atoms with van der Waals surface area (Å²) in [6.45, 7) is 0. The lowest BCUT2D eigenvalue weighted by molar-refractivity contribution is 0.256. The molecule has 15 heavy (non-hydrogen) atoms. The molecule has 1 fully saturated rings. The minimum atomic E-state index is -0.0547. The van der Waals surface area contributed by atoms with Gasteiger partial charge in [-0.25, -0.2) is 0 Å². The molecule has 0 spiro atoms. The number of nitrogens with two attached hydrogens (primary N) is 1. The molecule has 1 heterocycles. The van der Waals surface area contributed by atoms with Gasteiger partial charge in [0.25, 0.3) is 0 Å². The van der Waals surface area contributed by atoms with Crippen molar-refractivity contribution < 1.29 is 0 Å². The molecule has 2 N–H and O–H groups in total. The van der Waals surface area contributed by atoms with Gasteiger partial charge in [-0.2, -0.15) is 0 Å². The predicted octanol–water partition coefficient (Wildman–Crippen LogP) is 2.52. The Hall–Kier alpha value is -1.28. The molecule has 0 bridgehead atoms. The third kappa shape index (κ3) is 1.15. The molecular formula is C13H16N2. The first-order valence-electron chi connectivity index (χ1n) is 5.54. The minimum absolute atomic E-state index is 0.0547. The molecule has 1 aromatic carbocycles. The van der Waals surface area contributed by atoms with Crippen LogP contribution in [0.25, 0.3) is 10.9 Å². The molecule has 1 aromatic heterocycles. The first-order valence-corrected chi connectivity index (χ1v) is 5.54. The van der Waals surface area contributed by atoms with Crippen LogP contribution in [0.5, 0.6) is 0 Å². The Balaban J connectivity index is 2.26. The number of benzene rings is 1. The molecule has 1 aliphatic carbocycles. The summed E-state index contributed by atoms with van der Waals surface area (Å²) in [6, 6.07) is 8.63. The number of hydrogen-bond donors (Lipinski definition) is 1. The van der Waals surface area contributed by atoms with Crippen LogP contribution in [-0.2, 0) is 12.6 Å². The largest absolute Gasteiger partial charge is 0.351 e. The second kappa shape index (κ2) is 2.86. The lowest BCUT2D eigenvalue weighted by Crippen LogP contribution is -2.43. The summed E-state index contributed by atoms with van der Waals surface area (Å²) in [7, 11) is 2.08. The van der Waals surface area contributed by atoms with Crippen LogP contribution in [0.2, 0.25) is 0 Å². The van der Waals surface area contributed by atoms with E-state index in [4.69, 9.17) is 5.73 Å². The highest BCUT2D eigenvalue weighted by Crippen LogP contribution is 2.41. The summed E-state index contributed by atoms with van der Waals surface area (Å²) >= 11 is 0. The second-order valence-electron chi connectivity index (χ2n) is 4.67. The molecular weight excluding hydrogens is 184 g/mol. The first-order chi connectivity index (χ1) is 7.21. The van der Waals surface area contributed by atoms with E-state index >= 15 is 0 Å². The van der Waals surface area contributed by atoms with E-state index in [1.807, 2.05) is 0 Å². The van der Waals surface area contributed by atoms with Gasteiger partial charge < -0.3 is 10.3 Å². The van der Waals surface area contributed by atoms with Crippen molar-refractivity contribution in [2.24, 2.45) is 12.8 Å². The van der Waals surface area contributed by atoms with Crippen molar-refractivity contribution in [3.05, 3.63) is 36.0 Å². The van der Waals surface area contributed by atoms with E-state index in [9.17, 15) is 0 Å². The van der Waals surface area contributed by atoms with Crippen LogP contribution in [-0.4, -0.2) is 4.57 Å². The van der Waals surface area contributed by atoms with Crippen molar-refractivity contribution in [1.29, 1.82) is 0 Å². The van der Waals surface area contributed by atoms with Crippen LogP contribution in [0.15, 0.2) is 30.5 Å². The van der Waals surface area contributed by atoms with E-state index in [-0.39, 0.29) is 5.54 Å². The van der Waals surface area contributed by atoms with Gasteiger partial charge in [-0.05, 0) is 37.0 Å². The SMILES string of the molecule is Cn1ccc2c(C3(N)CCC3)cccc21. The summed E-state index contributed by atoms with van der Waals surface area (Å²) < 4.78 is 2.15. The third-order valence-corrected chi connectivity index (χ3v) is 3.71. The third-order valence-electron chi connectivity index (χ3n) is 3.71. The molecule has 0 saturated heterocycles. The lowest BCUT2D eigenvalue weighted by Gasteiger charge is -2.39. The summed E-state index contributed by atoms with van der Waals surface area (Å²) in [5.41, 5.74) is 8.94. The van der Waals surface area contributed by atoms with Crippen molar-refractivity contribution in [3.8, 4) is 0 Å². The number of nitrogens with zero attached hydrogens (tertiary/aromatic N) is 1. The van der Waals surface area contributed by atoms with E-state index < -0.39 is 0 Å². The van der Waals surface area contributed by atoms with E-state index in [0.29, 0.717) is 0 Å². The molecule has 0 radical (unpaired) electrons. The summed E-state index contributed by atoms with van der Waals surface area (Å²) in [6.07, 6.45) is 5.62. The molecule has 1 aliphatic rings. The fourth-order valence-corrected chi connectivity index (χ4v) is 2.56. The quantitative estimate of drug-likeness (QED) is 0.753. The topological polar surface area (TPSA) is 30.9 Å². The molecule has 3 rings (SSSR count). The second-order valence-corrected chi connectivity index (χ2v) is 4.67. The molecule has 2 aromatic rings. The average Bonchev–Trinajstić information content (AvgIpc) is 2.57. The molecule has 0 atom stereocenters. The van der Waals surface area contributed by atoms with Crippen LogP contribution in [0.1, 0.15) is 24.8 Å². The Morgan fingerprint density at radius 1 is 1.27 bits per heavy atom. The minimum Gasteiger partial charge on any atom is -0.351 e. The van der Waals surface area contributed by atoms with Crippen molar-refractivity contribution in [1.82, 2.24) is 4.57 Å². The summed E-state index contributed by atoms with van der Waals surface area (Å²) in [5.74, 6) is 0.